The van der Waals surface area contributed by atoms with Gasteiger partial charge >= 0.3 is 0 Å². The van der Waals surface area contributed by atoms with Gasteiger partial charge in [-0.1, -0.05) is 36.8 Å². The first-order valence-electron chi connectivity index (χ1n) is 11.0. The number of imidazole rings is 1. The van der Waals surface area contributed by atoms with Crippen molar-refractivity contribution in [2.45, 2.75) is 38.8 Å². The third-order valence-electron chi connectivity index (χ3n) is 5.65. The largest absolute Gasteiger partial charge is 0.356 e. The van der Waals surface area contributed by atoms with Crippen LogP contribution in [0.3, 0.4) is 0 Å². The number of aromatic nitrogens is 2. The quantitative estimate of drug-likeness (QED) is 0.276. The molecule has 1 aromatic carbocycles. The highest BCUT2D eigenvalue weighted by atomic mass is 127. The Morgan fingerprint density at radius 3 is 2.52 bits per heavy atom. The van der Waals surface area contributed by atoms with Crippen LogP contribution in [0.15, 0.2) is 59.9 Å². The molecule has 0 radical (unpaired) electrons. The molecule has 0 aliphatic carbocycles. The van der Waals surface area contributed by atoms with Crippen LogP contribution in [0, 0.1) is 0 Å². The van der Waals surface area contributed by atoms with Crippen LogP contribution in [-0.4, -0.2) is 46.9 Å². The van der Waals surface area contributed by atoms with E-state index in [1.807, 2.05) is 31.4 Å². The molecule has 1 aliphatic heterocycles. The molecule has 166 valence electrons. The van der Waals surface area contributed by atoms with Crippen LogP contribution in [0.2, 0.25) is 0 Å². The van der Waals surface area contributed by atoms with Gasteiger partial charge in [-0.25, -0.2) is 4.98 Å². The van der Waals surface area contributed by atoms with Crippen LogP contribution in [-0.2, 0) is 19.5 Å². The maximum absolute atomic E-state index is 4.64. The molecular weight excluding hydrogens is 499 g/mol. The molecule has 2 aromatic heterocycles. The number of likely N-dealkylation sites (tertiary alicyclic amines) is 1. The van der Waals surface area contributed by atoms with E-state index >= 15 is 0 Å². The maximum Gasteiger partial charge on any atom is 0.191 e. The van der Waals surface area contributed by atoms with Crippen molar-refractivity contribution in [1.29, 1.82) is 0 Å². The molecule has 7 heteroatoms. The number of aliphatic imine (C=N–C) groups is 1. The fourth-order valence-corrected chi connectivity index (χ4v) is 3.96. The van der Waals surface area contributed by atoms with E-state index in [1.165, 1.54) is 43.5 Å². The van der Waals surface area contributed by atoms with E-state index in [1.54, 1.807) is 0 Å². The van der Waals surface area contributed by atoms with Crippen molar-refractivity contribution in [2.24, 2.45) is 4.99 Å². The minimum atomic E-state index is 0. The van der Waals surface area contributed by atoms with E-state index in [-0.39, 0.29) is 24.0 Å². The summed E-state index contributed by atoms with van der Waals surface area (Å²) in [6, 6.07) is 15.0. The first kappa shape index (κ1) is 23.5. The highest BCUT2D eigenvalue weighted by molar-refractivity contribution is 14.0. The molecule has 0 atom stereocenters. The molecule has 6 nitrogen and oxygen atoms in total. The number of hydrogen-bond acceptors (Lipinski definition) is 3. The lowest BCUT2D eigenvalue weighted by Gasteiger charge is -2.26. The fourth-order valence-electron chi connectivity index (χ4n) is 3.96. The van der Waals surface area contributed by atoms with E-state index in [0.29, 0.717) is 0 Å². The number of piperidine rings is 1. The summed E-state index contributed by atoms with van der Waals surface area (Å²) >= 11 is 0. The van der Waals surface area contributed by atoms with Crippen molar-refractivity contribution in [3.8, 4) is 0 Å². The molecule has 3 heterocycles. The number of pyridine rings is 1. The predicted octanol–water partition coefficient (Wildman–Crippen LogP) is 3.85. The standard InChI is InChI=1S/C24H32N6.HI/c1-25-24(26-13-12-22-19-30-16-6-3-7-23(30)28-22)27-17-20-8-10-21(11-9-20)18-29-14-4-2-5-15-29;/h3,6-11,16,19H,2,4-5,12-15,17-18H2,1H3,(H2,25,26,27);1H. The number of benzene rings is 1. The van der Waals surface area contributed by atoms with E-state index in [9.17, 15) is 0 Å². The Bertz CT molecular complexity index is 927. The molecule has 1 aliphatic rings. The number of guanidine groups is 1. The maximum atomic E-state index is 4.64. The van der Waals surface area contributed by atoms with Gasteiger partial charge < -0.3 is 15.0 Å². The molecule has 0 unspecified atom stereocenters. The molecular formula is C24H33IN6. The van der Waals surface area contributed by atoms with Gasteiger partial charge in [0.25, 0.3) is 0 Å². The highest BCUT2D eigenvalue weighted by Gasteiger charge is 2.10. The Morgan fingerprint density at radius 1 is 1.00 bits per heavy atom. The average Bonchev–Trinajstić information content (AvgIpc) is 3.21. The number of rotatable bonds is 7. The second-order valence-corrected chi connectivity index (χ2v) is 7.95. The molecule has 2 N–H and O–H groups in total. The molecule has 0 saturated carbocycles. The zero-order valence-electron chi connectivity index (χ0n) is 18.3. The Hall–Kier alpha value is -2.13. The summed E-state index contributed by atoms with van der Waals surface area (Å²) in [4.78, 5) is 11.5. The lowest BCUT2D eigenvalue weighted by atomic mass is 10.1. The predicted molar refractivity (Wildman–Crippen MR) is 138 cm³/mol. The second kappa shape index (κ2) is 12.0. The zero-order valence-corrected chi connectivity index (χ0v) is 20.6. The lowest BCUT2D eigenvalue weighted by molar-refractivity contribution is 0.221. The number of hydrogen-bond donors (Lipinski definition) is 2. The van der Waals surface area contributed by atoms with E-state index in [4.69, 9.17) is 0 Å². The van der Waals surface area contributed by atoms with Crippen molar-refractivity contribution in [2.75, 3.05) is 26.7 Å². The minimum absolute atomic E-state index is 0. The van der Waals surface area contributed by atoms with Gasteiger partial charge in [-0.15, -0.1) is 24.0 Å². The smallest absolute Gasteiger partial charge is 0.191 e. The van der Waals surface area contributed by atoms with Crippen LogP contribution in [0.1, 0.15) is 36.1 Å². The Labute approximate surface area is 202 Å². The monoisotopic (exact) mass is 532 g/mol. The summed E-state index contributed by atoms with van der Waals surface area (Å²) in [6.45, 7) is 5.09. The van der Waals surface area contributed by atoms with Gasteiger partial charge in [0.05, 0.1) is 5.69 Å². The fraction of sp³-hybridized carbons (Fsp3) is 0.417. The summed E-state index contributed by atoms with van der Waals surface area (Å²) in [5.41, 5.74) is 4.73. The van der Waals surface area contributed by atoms with Gasteiger partial charge in [-0.2, -0.15) is 0 Å². The molecule has 1 fully saturated rings. The van der Waals surface area contributed by atoms with Gasteiger partial charge in [-0.05, 0) is 49.2 Å². The third-order valence-corrected chi connectivity index (χ3v) is 5.65. The molecule has 31 heavy (non-hydrogen) atoms. The van der Waals surface area contributed by atoms with Crippen molar-refractivity contribution in [1.82, 2.24) is 24.9 Å². The third kappa shape index (κ3) is 6.93. The summed E-state index contributed by atoms with van der Waals surface area (Å²) < 4.78 is 2.05. The van der Waals surface area contributed by atoms with Crippen molar-refractivity contribution < 1.29 is 0 Å². The molecule has 0 spiro atoms. The SMILES string of the molecule is CN=C(NCCc1cn2ccccc2n1)NCc1ccc(CN2CCCCC2)cc1.I. The Kier molecular flexibility index (Phi) is 9.14. The molecule has 0 bridgehead atoms. The van der Waals surface area contributed by atoms with E-state index in [0.717, 1.165) is 43.4 Å². The topological polar surface area (TPSA) is 57.0 Å². The number of halogens is 1. The van der Waals surface area contributed by atoms with Crippen LogP contribution < -0.4 is 10.6 Å². The van der Waals surface area contributed by atoms with Crippen molar-refractivity contribution >= 4 is 35.6 Å². The first-order valence-corrected chi connectivity index (χ1v) is 11.0. The van der Waals surface area contributed by atoms with Gasteiger partial charge in [-0.3, -0.25) is 9.89 Å². The van der Waals surface area contributed by atoms with Gasteiger partial charge in [0.2, 0.25) is 0 Å². The Morgan fingerprint density at radius 2 is 1.77 bits per heavy atom. The lowest BCUT2D eigenvalue weighted by Crippen LogP contribution is -2.37. The first-order chi connectivity index (χ1) is 14.8. The molecule has 4 rings (SSSR count). The summed E-state index contributed by atoms with van der Waals surface area (Å²) in [5.74, 6) is 0.816. The van der Waals surface area contributed by atoms with E-state index in [2.05, 4.69) is 60.4 Å². The highest BCUT2D eigenvalue weighted by Crippen LogP contribution is 2.13. The van der Waals surface area contributed by atoms with Crippen molar-refractivity contribution in [3.05, 3.63) is 71.7 Å². The van der Waals surface area contributed by atoms with Crippen LogP contribution in [0.25, 0.3) is 5.65 Å². The molecule has 1 saturated heterocycles. The van der Waals surface area contributed by atoms with Crippen LogP contribution in [0.5, 0.6) is 0 Å². The average molecular weight is 532 g/mol. The van der Waals surface area contributed by atoms with Crippen molar-refractivity contribution in [3.63, 3.8) is 0 Å². The van der Waals surface area contributed by atoms with Gasteiger partial charge in [0.15, 0.2) is 5.96 Å². The summed E-state index contributed by atoms with van der Waals surface area (Å²) in [6.07, 6.45) is 9.02. The summed E-state index contributed by atoms with van der Waals surface area (Å²) in [7, 11) is 1.81. The minimum Gasteiger partial charge on any atom is -0.356 e. The number of nitrogens with one attached hydrogen (secondary N) is 2. The second-order valence-electron chi connectivity index (χ2n) is 7.95. The Balaban J connectivity index is 0.00000272. The molecule has 0 amide bonds. The molecule has 3 aromatic rings. The zero-order chi connectivity index (χ0) is 20.6. The number of fused-ring (bicyclic) bond motifs is 1. The van der Waals surface area contributed by atoms with Gasteiger partial charge in [0.1, 0.15) is 5.65 Å². The summed E-state index contributed by atoms with van der Waals surface area (Å²) in [5, 5.41) is 6.78. The number of nitrogens with zero attached hydrogens (tertiary/aromatic N) is 4. The normalized spacial score (nSPS) is 14.9. The van der Waals surface area contributed by atoms with Crippen LogP contribution in [0.4, 0.5) is 0 Å². The van der Waals surface area contributed by atoms with E-state index < -0.39 is 0 Å². The van der Waals surface area contributed by atoms with Gasteiger partial charge in [0, 0.05) is 45.5 Å². The van der Waals surface area contributed by atoms with Crippen LogP contribution >= 0.6 is 24.0 Å².